The fourth-order valence-corrected chi connectivity index (χ4v) is 3.33. The molecule has 2 saturated carbocycles. The van der Waals surface area contributed by atoms with Crippen LogP contribution in [0, 0.1) is 32.1 Å². The van der Waals surface area contributed by atoms with Gasteiger partial charge in [-0.3, -0.25) is 0 Å². The fraction of sp³-hybridized carbons (Fsp3) is 0.500. The third kappa shape index (κ3) is 8.26. The SMILES string of the molecule is C1=CCC2CC[CH-]C2=C1.C1=CCC2CC[CH-]C2=C1.C[Si](C)C.[CH3-].[Zr+3]. The molecular weight excluding hydrogens is 384 g/mol. The van der Waals surface area contributed by atoms with Crippen LogP contribution >= 0.6 is 0 Å². The number of rotatable bonds is 0. The summed E-state index contributed by atoms with van der Waals surface area (Å²) in [6.45, 7) is 6.81. The van der Waals surface area contributed by atoms with Crippen LogP contribution in [-0.4, -0.2) is 8.80 Å². The van der Waals surface area contributed by atoms with E-state index in [1.807, 2.05) is 0 Å². The third-order valence-corrected chi connectivity index (χ3v) is 4.42. The molecule has 0 aliphatic heterocycles. The van der Waals surface area contributed by atoms with E-state index in [2.05, 4.69) is 68.9 Å². The second-order valence-corrected chi connectivity index (χ2v) is 10.1. The van der Waals surface area contributed by atoms with Crippen molar-refractivity contribution in [2.24, 2.45) is 11.8 Å². The van der Waals surface area contributed by atoms with Crippen LogP contribution in [0.25, 0.3) is 0 Å². The standard InChI is InChI=1S/2C9H11.C3H9Si.CH3.Zr/c2*1-2-5-9-7-3-6-8(9)4-1;1-4(2)3;;/h2*1-2,4,6,9H,3,5,7H2;1-3H3;1H3;/q2*-1;;-1;+3. The summed E-state index contributed by atoms with van der Waals surface area (Å²) in [5.74, 6) is 1.77. The molecule has 0 nitrogen and oxygen atoms in total. The molecule has 2 unspecified atom stereocenters. The van der Waals surface area contributed by atoms with Crippen LogP contribution < -0.4 is 0 Å². The molecular formula is C22H34SiZr. The zero-order chi connectivity index (χ0) is 15.8. The Bertz CT molecular complexity index is 414. The van der Waals surface area contributed by atoms with E-state index in [0.717, 1.165) is 11.8 Å². The van der Waals surface area contributed by atoms with Crippen molar-refractivity contribution < 1.29 is 26.2 Å². The summed E-state index contributed by atoms with van der Waals surface area (Å²) >= 11 is 0. The monoisotopic (exact) mass is 416 g/mol. The van der Waals surface area contributed by atoms with E-state index in [4.69, 9.17) is 0 Å². The zero-order valence-corrected chi connectivity index (χ0v) is 19.5. The summed E-state index contributed by atoms with van der Waals surface area (Å²) in [5.41, 5.74) is 3.16. The van der Waals surface area contributed by atoms with Crippen molar-refractivity contribution in [3.8, 4) is 0 Å². The van der Waals surface area contributed by atoms with Crippen molar-refractivity contribution in [3.63, 3.8) is 0 Å². The largest absolute Gasteiger partial charge is 3.00 e. The van der Waals surface area contributed by atoms with Crippen molar-refractivity contribution in [2.75, 3.05) is 0 Å². The van der Waals surface area contributed by atoms with E-state index in [9.17, 15) is 0 Å². The summed E-state index contributed by atoms with van der Waals surface area (Å²) in [4.78, 5) is 0. The Balaban J connectivity index is 0.000000341. The first-order valence-corrected chi connectivity index (χ1v) is 11.8. The Morgan fingerprint density at radius 3 is 1.54 bits per heavy atom. The molecule has 24 heavy (non-hydrogen) atoms. The van der Waals surface area contributed by atoms with E-state index in [-0.39, 0.29) is 42.4 Å². The topological polar surface area (TPSA) is 0 Å². The Morgan fingerprint density at radius 1 is 0.833 bits per heavy atom. The molecule has 130 valence electrons. The van der Waals surface area contributed by atoms with Crippen LogP contribution in [0.5, 0.6) is 0 Å². The molecule has 0 spiro atoms. The maximum atomic E-state index is 2.37. The van der Waals surface area contributed by atoms with E-state index in [1.54, 1.807) is 11.1 Å². The van der Waals surface area contributed by atoms with Crippen molar-refractivity contribution in [2.45, 2.75) is 58.2 Å². The van der Waals surface area contributed by atoms with Gasteiger partial charge in [-0.25, -0.2) is 36.1 Å². The summed E-state index contributed by atoms with van der Waals surface area (Å²) in [6.07, 6.45) is 26.1. The summed E-state index contributed by atoms with van der Waals surface area (Å²) < 4.78 is 0. The Kier molecular flexibility index (Phi) is 13.0. The van der Waals surface area contributed by atoms with Crippen molar-refractivity contribution in [3.05, 3.63) is 67.9 Å². The average Bonchev–Trinajstić information content (AvgIpc) is 3.16. The zero-order valence-electron chi connectivity index (χ0n) is 16.0. The van der Waals surface area contributed by atoms with Crippen LogP contribution in [0.1, 0.15) is 38.5 Å². The Labute approximate surface area is 172 Å². The molecule has 0 aromatic carbocycles. The minimum Gasteiger partial charge on any atom is -0.358 e. The Hall–Kier alpha value is -0.200. The van der Waals surface area contributed by atoms with Crippen LogP contribution in [0.4, 0.5) is 0 Å². The second kappa shape index (κ2) is 13.1. The van der Waals surface area contributed by atoms with Crippen LogP contribution in [0.2, 0.25) is 19.6 Å². The van der Waals surface area contributed by atoms with Gasteiger partial charge >= 0.3 is 26.2 Å². The van der Waals surface area contributed by atoms with Gasteiger partial charge in [-0.05, 0) is 24.7 Å². The summed E-state index contributed by atoms with van der Waals surface area (Å²) in [5, 5.41) is 0. The first kappa shape index (κ1) is 23.8. The number of allylic oxidation sites excluding steroid dienone is 8. The Morgan fingerprint density at radius 2 is 1.21 bits per heavy atom. The molecule has 0 saturated heterocycles. The van der Waals surface area contributed by atoms with E-state index < -0.39 is 0 Å². The molecule has 0 amide bonds. The molecule has 0 bridgehead atoms. The van der Waals surface area contributed by atoms with Gasteiger partial charge in [0.2, 0.25) is 0 Å². The van der Waals surface area contributed by atoms with Gasteiger partial charge in [-0.2, -0.15) is 0 Å². The minimum absolute atomic E-state index is 0. The molecule has 4 aliphatic carbocycles. The predicted octanol–water partition coefficient (Wildman–Crippen LogP) is 6.79. The van der Waals surface area contributed by atoms with Gasteiger partial charge in [0.1, 0.15) is 0 Å². The van der Waals surface area contributed by atoms with Crippen molar-refractivity contribution in [1.29, 1.82) is 0 Å². The van der Waals surface area contributed by atoms with Gasteiger partial charge in [-0.1, -0.05) is 32.5 Å². The smallest absolute Gasteiger partial charge is 0.358 e. The molecule has 0 N–H and O–H groups in total. The van der Waals surface area contributed by atoms with Gasteiger partial charge in [0.05, 0.1) is 0 Å². The quantitative estimate of drug-likeness (QED) is 0.300. The van der Waals surface area contributed by atoms with Crippen LogP contribution in [-0.2, 0) is 26.2 Å². The van der Waals surface area contributed by atoms with E-state index >= 15 is 0 Å². The molecule has 0 aromatic heterocycles. The first-order valence-electron chi connectivity index (χ1n) is 8.83. The van der Waals surface area contributed by atoms with E-state index in [1.165, 1.54) is 38.5 Å². The maximum Gasteiger partial charge on any atom is 3.00 e. The molecule has 2 atom stereocenters. The first-order chi connectivity index (χ1) is 10.7. The van der Waals surface area contributed by atoms with E-state index in [0.29, 0.717) is 0 Å². The molecule has 2 radical (unpaired) electrons. The molecule has 4 aliphatic rings. The maximum absolute atomic E-state index is 2.37. The van der Waals surface area contributed by atoms with Crippen molar-refractivity contribution in [1.82, 2.24) is 0 Å². The number of fused-ring (bicyclic) bond motifs is 2. The van der Waals surface area contributed by atoms with Gasteiger partial charge in [0.15, 0.2) is 0 Å². The third-order valence-electron chi connectivity index (χ3n) is 4.42. The van der Waals surface area contributed by atoms with Gasteiger partial charge in [0.25, 0.3) is 0 Å². The van der Waals surface area contributed by atoms with Crippen molar-refractivity contribution >= 4 is 8.80 Å². The average molecular weight is 418 g/mol. The second-order valence-electron chi connectivity index (χ2n) is 7.12. The van der Waals surface area contributed by atoms with Crippen LogP contribution in [0.15, 0.2) is 47.6 Å². The fourth-order valence-electron chi connectivity index (χ4n) is 3.33. The molecule has 4 rings (SSSR count). The normalized spacial score (nSPS) is 24.8. The number of hydrogen-bond donors (Lipinski definition) is 0. The van der Waals surface area contributed by atoms with Crippen LogP contribution in [0.3, 0.4) is 0 Å². The van der Waals surface area contributed by atoms with Gasteiger partial charge in [0, 0.05) is 8.80 Å². The summed E-state index contributed by atoms with van der Waals surface area (Å²) in [6, 6.07) is 0. The summed E-state index contributed by atoms with van der Waals surface area (Å²) in [7, 11) is 0.120. The number of hydrogen-bond acceptors (Lipinski definition) is 0. The predicted molar refractivity (Wildman–Crippen MR) is 107 cm³/mol. The minimum atomic E-state index is 0. The molecule has 2 fully saturated rings. The van der Waals surface area contributed by atoms with Gasteiger partial charge < -0.3 is 7.43 Å². The molecule has 0 heterocycles. The van der Waals surface area contributed by atoms with Gasteiger partial charge in [-0.15, -0.1) is 37.1 Å². The molecule has 2 heteroatoms. The molecule has 0 aromatic rings.